The molecule has 4 fully saturated rings. The Hall–Kier alpha value is -0.570. The van der Waals surface area contributed by atoms with Gasteiger partial charge in [0.15, 0.2) is 0 Å². The summed E-state index contributed by atoms with van der Waals surface area (Å²) in [6.45, 7) is 2.30. The smallest absolute Gasteiger partial charge is 0.309 e. The second kappa shape index (κ2) is 2.01. The lowest BCUT2D eigenvalue weighted by Gasteiger charge is -2.23. The Bertz CT molecular complexity index is 312. The number of ether oxygens (including phenoxy) is 1. The summed E-state index contributed by atoms with van der Waals surface area (Å²) in [5.41, 5.74) is 0. The summed E-state index contributed by atoms with van der Waals surface area (Å²) in [4.78, 5) is 11.6. The van der Waals surface area contributed by atoms with Gasteiger partial charge in [0.25, 0.3) is 0 Å². The summed E-state index contributed by atoms with van der Waals surface area (Å²) in [6, 6.07) is 0. The molecule has 0 aromatic rings. The van der Waals surface area contributed by atoms with Gasteiger partial charge in [-0.25, -0.2) is 0 Å². The molecule has 4 aliphatic rings. The fraction of sp³-hybridized carbons (Fsp3) is 0.909. The molecule has 4 saturated carbocycles. The molecule has 0 aromatic heterocycles. The lowest BCUT2D eigenvalue weighted by atomic mass is 9.86. The fourth-order valence-corrected chi connectivity index (χ4v) is 4.21. The summed E-state index contributed by atoms with van der Waals surface area (Å²) in [6.07, 6.45) is -0.186. The minimum absolute atomic E-state index is 0.0509. The standard InChI is InChI=1S/C11H14O3/c1-2-14-11(13)9-6-3-4-5(3)7(4)10(12)8(6)9/h3-10,12H,2H2,1H3/t3?,4?,5?,6-,7?,8+,9+,10?/m0/s1. The third kappa shape index (κ3) is 0.630. The van der Waals surface area contributed by atoms with Crippen LogP contribution < -0.4 is 0 Å². The summed E-state index contributed by atoms with van der Waals surface area (Å²) >= 11 is 0. The molecule has 0 amide bonds. The van der Waals surface area contributed by atoms with Crippen LogP contribution in [0.5, 0.6) is 0 Å². The first-order valence-corrected chi connectivity index (χ1v) is 5.62. The van der Waals surface area contributed by atoms with Gasteiger partial charge in [-0.2, -0.15) is 0 Å². The highest BCUT2D eigenvalue weighted by Gasteiger charge is 2.88. The predicted molar refractivity (Wildman–Crippen MR) is 47.1 cm³/mol. The zero-order valence-electron chi connectivity index (χ0n) is 8.09. The van der Waals surface area contributed by atoms with Crippen LogP contribution in [0.1, 0.15) is 6.92 Å². The fourth-order valence-electron chi connectivity index (χ4n) is 4.21. The van der Waals surface area contributed by atoms with Crippen molar-refractivity contribution in [3.8, 4) is 0 Å². The molecule has 4 aliphatic carbocycles. The molecule has 0 spiro atoms. The largest absolute Gasteiger partial charge is 0.466 e. The lowest BCUT2D eigenvalue weighted by molar-refractivity contribution is -0.145. The summed E-state index contributed by atoms with van der Waals surface area (Å²) in [7, 11) is 0. The van der Waals surface area contributed by atoms with E-state index in [4.69, 9.17) is 4.74 Å². The van der Waals surface area contributed by atoms with Gasteiger partial charge >= 0.3 is 5.97 Å². The van der Waals surface area contributed by atoms with Crippen molar-refractivity contribution in [3.05, 3.63) is 0 Å². The van der Waals surface area contributed by atoms with Gasteiger partial charge in [-0.3, -0.25) is 4.79 Å². The van der Waals surface area contributed by atoms with Crippen molar-refractivity contribution in [2.75, 3.05) is 6.61 Å². The van der Waals surface area contributed by atoms with Crippen molar-refractivity contribution >= 4 is 5.97 Å². The monoisotopic (exact) mass is 194 g/mol. The molecule has 1 N–H and O–H groups in total. The van der Waals surface area contributed by atoms with Crippen LogP contribution in [0.4, 0.5) is 0 Å². The Balaban J connectivity index is 1.54. The van der Waals surface area contributed by atoms with E-state index in [1.807, 2.05) is 6.92 Å². The van der Waals surface area contributed by atoms with Crippen LogP contribution in [-0.2, 0) is 9.53 Å². The molecule has 76 valence electrons. The van der Waals surface area contributed by atoms with E-state index in [1.54, 1.807) is 0 Å². The van der Waals surface area contributed by atoms with E-state index in [2.05, 4.69) is 0 Å². The number of aliphatic hydroxyl groups excluding tert-OH is 1. The van der Waals surface area contributed by atoms with E-state index < -0.39 is 0 Å². The number of fused-ring (bicyclic) bond motifs is 4. The van der Waals surface area contributed by atoms with Crippen molar-refractivity contribution in [2.45, 2.75) is 13.0 Å². The molecule has 0 bridgehead atoms. The maximum Gasteiger partial charge on any atom is 0.309 e. The molecule has 3 unspecified atom stereocenters. The molecular formula is C11H14O3. The van der Waals surface area contributed by atoms with Gasteiger partial charge in [-0.05, 0) is 36.5 Å². The molecule has 3 nitrogen and oxygen atoms in total. The van der Waals surface area contributed by atoms with Crippen molar-refractivity contribution in [1.29, 1.82) is 0 Å². The molecule has 0 aromatic carbocycles. The Morgan fingerprint density at radius 1 is 1.14 bits per heavy atom. The van der Waals surface area contributed by atoms with Gasteiger partial charge in [0.1, 0.15) is 0 Å². The van der Waals surface area contributed by atoms with E-state index in [1.165, 1.54) is 0 Å². The topological polar surface area (TPSA) is 46.5 Å². The first-order valence-electron chi connectivity index (χ1n) is 5.62. The molecular weight excluding hydrogens is 180 g/mol. The van der Waals surface area contributed by atoms with Crippen LogP contribution in [0.3, 0.4) is 0 Å². The third-order valence-corrected chi connectivity index (χ3v) is 4.87. The van der Waals surface area contributed by atoms with E-state index in [-0.39, 0.29) is 23.9 Å². The Labute approximate surface area is 82.4 Å². The molecule has 0 radical (unpaired) electrons. The number of aliphatic hydroxyl groups is 1. The van der Waals surface area contributed by atoms with Crippen LogP contribution in [0, 0.1) is 41.4 Å². The van der Waals surface area contributed by atoms with E-state index in [9.17, 15) is 9.90 Å². The zero-order valence-corrected chi connectivity index (χ0v) is 8.09. The third-order valence-electron chi connectivity index (χ3n) is 4.87. The molecule has 6 atom stereocenters. The average molecular weight is 194 g/mol. The molecule has 4 rings (SSSR count). The van der Waals surface area contributed by atoms with Crippen LogP contribution in [-0.4, -0.2) is 23.8 Å². The maximum absolute atomic E-state index is 11.6. The summed E-state index contributed by atoms with van der Waals surface area (Å²) in [5.74, 6) is 3.70. The van der Waals surface area contributed by atoms with Crippen LogP contribution >= 0.6 is 0 Å². The number of rotatable bonds is 2. The second-order valence-corrected chi connectivity index (χ2v) is 5.23. The van der Waals surface area contributed by atoms with Crippen molar-refractivity contribution < 1.29 is 14.6 Å². The SMILES string of the molecule is CCOC(=O)[C@@H]1[C@H]2C3C4C3C4C(O)[C@@H]12. The number of carbonyl (C=O) groups is 1. The van der Waals surface area contributed by atoms with Crippen molar-refractivity contribution in [1.82, 2.24) is 0 Å². The van der Waals surface area contributed by atoms with Gasteiger partial charge in [-0.1, -0.05) is 0 Å². The van der Waals surface area contributed by atoms with Crippen LogP contribution in [0.15, 0.2) is 0 Å². The van der Waals surface area contributed by atoms with E-state index in [0.29, 0.717) is 18.4 Å². The highest BCUT2D eigenvalue weighted by molar-refractivity contribution is 5.77. The van der Waals surface area contributed by atoms with Gasteiger partial charge in [-0.15, -0.1) is 0 Å². The Morgan fingerprint density at radius 2 is 1.79 bits per heavy atom. The predicted octanol–water partition coefficient (Wildman–Crippen LogP) is 0.278. The lowest BCUT2D eigenvalue weighted by Crippen LogP contribution is -2.27. The Kier molecular flexibility index (Phi) is 1.10. The van der Waals surface area contributed by atoms with E-state index in [0.717, 1.165) is 17.8 Å². The number of hydrogen-bond donors (Lipinski definition) is 1. The number of carbonyl (C=O) groups excluding carboxylic acids is 1. The Morgan fingerprint density at radius 3 is 2.43 bits per heavy atom. The zero-order chi connectivity index (χ0) is 9.61. The van der Waals surface area contributed by atoms with Gasteiger partial charge < -0.3 is 9.84 Å². The van der Waals surface area contributed by atoms with Crippen LogP contribution in [0.2, 0.25) is 0 Å². The van der Waals surface area contributed by atoms with Gasteiger partial charge in [0.05, 0.1) is 18.6 Å². The first-order chi connectivity index (χ1) is 6.77. The number of hydrogen-bond acceptors (Lipinski definition) is 3. The molecule has 14 heavy (non-hydrogen) atoms. The van der Waals surface area contributed by atoms with Gasteiger partial charge in [0.2, 0.25) is 0 Å². The molecule has 0 heterocycles. The summed E-state index contributed by atoms with van der Waals surface area (Å²) < 4.78 is 5.03. The average Bonchev–Trinajstić information content (AvgIpc) is 2.99. The quantitative estimate of drug-likeness (QED) is 0.642. The first kappa shape index (κ1) is 7.69. The normalized spacial score (nSPS) is 65.0. The molecule has 3 heteroatoms. The van der Waals surface area contributed by atoms with Crippen LogP contribution in [0.25, 0.3) is 0 Å². The molecule has 0 saturated heterocycles. The van der Waals surface area contributed by atoms with Crippen molar-refractivity contribution in [3.63, 3.8) is 0 Å². The van der Waals surface area contributed by atoms with E-state index >= 15 is 0 Å². The summed E-state index contributed by atoms with van der Waals surface area (Å²) in [5, 5.41) is 9.93. The highest BCUT2D eigenvalue weighted by Crippen LogP contribution is 2.87. The molecule has 0 aliphatic heterocycles. The number of esters is 1. The minimum atomic E-state index is -0.186. The highest BCUT2D eigenvalue weighted by atomic mass is 16.5. The van der Waals surface area contributed by atoms with Crippen molar-refractivity contribution in [2.24, 2.45) is 41.4 Å². The minimum Gasteiger partial charge on any atom is -0.466 e. The van der Waals surface area contributed by atoms with Gasteiger partial charge in [0, 0.05) is 5.92 Å². The second-order valence-electron chi connectivity index (χ2n) is 5.23. The maximum atomic E-state index is 11.6.